The number of rotatable bonds is 5. The first-order chi connectivity index (χ1) is 9.91. The topological polar surface area (TPSA) is 49.4 Å². The minimum atomic E-state index is -3.34. The normalized spacial score (nSPS) is 21.6. The van der Waals surface area contributed by atoms with Gasteiger partial charge in [0.15, 0.2) is 0 Å². The fourth-order valence-corrected chi connectivity index (χ4v) is 5.55. The molecule has 120 valence electrons. The van der Waals surface area contributed by atoms with Gasteiger partial charge in [0.05, 0.1) is 4.90 Å². The van der Waals surface area contributed by atoms with E-state index in [0.717, 1.165) is 37.1 Å². The van der Waals surface area contributed by atoms with Crippen LogP contribution in [0.15, 0.2) is 16.3 Å². The van der Waals surface area contributed by atoms with E-state index in [4.69, 9.17) is 0 Å². The van der Waals surface area contributed by atoms with Crippen LogP contribution in [0.2, 0.25) is 0 Å². The van der Waals surface area contributed by atoms with Gasteiger partial charge in [0, 0.05) is 35.4 Å². The van der Waals surface area contributed by atoms with Crippen molar-refractivity contribution in [3.8, 4) is 0 Å². The molecule has 0 aromatic carbocycles. The molecule has 1 fully saturated rings. The van der Waals surface area contributed by atoms with E-state index in [1.165, 1.54) is 11.3 Å². The van der Waals surface area contributed by atoms with E-state index in [1.807, 2.05) is 13.0 Å². The monoisotopic (exact) mass is 330 g/mol. The first-order valence-corrected chi connectivity index (χ1v) is 10.1. The molecule has 6 heteroatoms. The lowest BCUT2D eigenvalue weighted by molar-refractivity contribution is 0.342. The summed E-state index contributed by atoms with van der Waals surface area (Å²) in [4.78, 5) is 1.53. The van der Waals surface area contributed by atoms with Crippen molar-refractivity contribution in [1.82, 2.24) is 9.62 Å². The third-order valence-corrected chi connectivity index (χ3v) is 6.99. The van der Waals surface area contributed by atoms with Crippen molar-refractivity contribution < 1.29 is 8.42 Å². The van der Waals surface area contributed by atoms with Crippen LogP contribution in [0, 0.1) is 0 Å². The maximum absolute atomic E-state index is 12.8. The first kappa shape index (κ1) is 16.9. The molecule has 0 spiro atoms. The highest BCUT2D eigenvalue weighted by Crippen LogP contribution is 2.27. The Hall–Kier alpha value is -0.430. The van der Waals surface area contributed by atoms with Gasteiger partial charge in [0.1, 0.15) is 0 Å². The molecule has 1 saturated heterocycles. The van der Waals surface area contributed by atoms with Gasteiger partial charge >= 0.3 is 0 Å². The number of nitrogens with zero attached hydrogens (tertiary/aromatic N) is 1. The van der Waals surface area contributed by atoms with E-state index < -0.39 is 10.0 Å². The van der Waals surface area contributed by atoms with E-state index in [9.17, 15) is 8.42 Å². The summed E-state index contributed by atoms with van der Waals surface area (Å²) in [5.41, 5.74) is 0. The zero-order chi connectivity index (χ0) is 15.5. The van der Waals surface area contributed by atoms with Gasteiger partial charge in [-0.05, 0) is 25.8 Å². The van der Waals surface area contributed by atoms with Crippen molar-refractivity contribution in [2.75, 3.05) is 6.54 Å². The van der Waals surface area contributed by atoms with Crippen LogP contribution in [0.1, 0.15) is 51.3 Å². The van der Waals surface area contributed by atoms with E-state index in [0.29, 0.717) is 17.5 Å². The van der Waals surface area contributed by atoms with Crippen LogP contribution in [0.25, 0.3) is 0 Å². The SMILES string of the molecule is CC(C)NCc1cc(S(=O)(=O)N2CCCCCC2C)cs1. The van der Waals surface area contributed by atoms with Gasteiger partial charge in [-0.2, -0.15) is 4.31 Å². The summed E-state index contributed by atoms with van der Waals surface area (Å²) in [6.07, 6.45) is 4.19. The van der Waals surface area contributed by atoms with Crippen molar-refractivity contribution in [2.45, 2.75) is 70.0 Å². The largest absolute Gasteiger partial charge is 0.310 e. The molecule has 0 bridgehead atoms. The lowest BCUT2D eigenvalue weighted by Crippen LogP contribution is -2.38. The number of sulfonamides is 1. The molecule has 1 unspecified atom stereocenters. The predicted molar refractivity (Wildman–Crippen MR) is 88.1 cm³/mol. The molecule has 2 heterocycles. The molecule has 21 heavy (non-hydrogen) atoms. The molecular weight excluding hydrogens is 304 g/mol. The van der Waals surface area contributed by atoms with E-state index >= 15 is 0 Å². The van der Waals surface area contributed by atoms with Gasteiger partial charge in [-0.15, -0.1) is 11.3 Å². The van der Waals surface area contributed by atoms with Crippen LogP contribution in [0.5, 0.6) is 0 Å². The fourth-order valence-electron chi connectivity index (χ4n) is 2.63. The van der Waals surface area contributed by atoms with Gasteiger partial charge in [-0.1, -0.05) is 26.7 Å². The summed E-state index contributed by atoms with van der Waals surface area (Å²) in [5.74, 6) is 0. The molecular formula is C15H26N2O2S2. The summed E-state index contributed by atoms with van der Waals surface area (Å²) in [7, 11) is -3.34. The van der Waals surface area contributed by atoms with Gasteiger partial charge in [0.25, 0.3) is 0 Å². The molecule has 0 amide bonds. The standard InChI is InChI=1S/C15H26N2O2S2/c1-12(2)16-10-14-9-15(11-20-14)21(18,19)17-8-6-4-5-7-13(17)3/h9,11-13,16H,4-8,10H2,1-3H3. The summed E-state index contributed by atoms with van der Waals surface area (Å²) in [6, 6.07) is 2.33. The smallest absolute Gasteiger partial charge is 0.244 e. The Balaban J connectivity index is 2.15. The van der Waals surface area contributed by atoms with Crippen molar-refractivity contribution in [3.63, 3.8) is 0 Å². The van der Waals surface area contributed by atoms with Gasteiger partial charge < -0.3 is 5.32 Å². The lowest BCUT2D eigenvalue weighted by atomic mass is 10.1. The molecule has 1 aromatic rings. The van der Waals surface area contributed by atoms with Gasteiger partial charge in [-0.25, -0.2) is 8.42 Å². The van der Waals surface area contributed by atoms with Crippen molar-refractivity contribution in [3.05, 3.63) is 16.3 Å². The molecule has 4 nitrogen and oxygen atoms in total. The molecule has 0 saturated carbocycles. The summed E-state index contributed by atoms with van der Waals surface area (Å²) >= 11 is 1.52. The fraction of sp³-hybridized carbons (Fsp3) is 0.733. The number of hydrogen-bond donors (Lipinski definition) is 1. The highest BCUT2D eigenvalue weighted by atomic mass is 32.2. The molecule has 0 radical (unpaired) electrons. The van der Waals surface area contributed by atoms with Crippen LogP contribution in [-0.4, -0.2) is 31.4 Å². The molecule has 1 aliphatic rings. The zero-order valence-corrected chi connectivity index (χ0v) is 14.8. The number of hydrogen-bond acceptors (Lipinski definition) is 4. The quantitative estimate of drug-likeness (QED) is 0.902. The Labute approximate surface area is 132 Å². The number of thiophene rings is 1. The Kier molecular flexibility index (Phi) is 5.82. The highest BCUT2D eigenvalue weighted by molar-refractivity contribution is 7.89. The van der Waals surface area contributed by atoms with Crippen molar-refractivity contribution in [2.24, 2.45) is 0 Å². The Morgan fingerprint density at radius 3 is 2.86 bits per heavy atom. The first-order valence-electron chi connectivity index (χ1n) is 7.74. The second-order valence-corrected chi connectivity index (χ2v) is 8.98. The van der Waals surface area contributed by atoms with Crippen molar-refractivity contribution >= 4 is 21.4 Å². The molecule has 1 atom stereocenters. The molecule has 0 aliphatic carbocycles. The Morgan fingerprint density at radius 1 is 1.38 bits per heavy atom. The minimum Gasteiger partial charge on any atom is -0.310 e. The molecule has 2 rings (SSSR count). The average molecular weight is 331 g/mol. The van der Waals surface area contributed by atoms with E-state index in [1.54, 1.807) is 9.69 Å². The Bertz CT molecular complexity index is 552. The minimum absolute atomic E-state index is 0.106. The molecule has 1 aliphatic heterocycles. The van der Waals surface area contributed by atoms with Crippen LogP contribution in [0.4, 0.5) is 0 Å². The average Bonchev–Trinajstić information content (AvgIpc) is 2.79. The lowest BCUT2D eigenvalue weighted by Gasteiger charge is -2.25. The molecule has 1 aromatic heterocycles. The second-order valence-electron chi connectivity index (χ2n) is 6.10. The summed E-state index contributed by atoms with van der Waals surface area (Å²) in [5, 5.41) is 5.11. The second kappa shape index (κ2) is 7.22. The summed E-state index contributed by atoms with van der Waals surface area (Å²) in [6.45, 7) is 7.58. The number of nitrogens with one attached hydrogen (secondary N) is 1. The van der Waals surface area contributed by atoms with Crippen LogP contribution in [0.3, 0.4) is 0 Å². The van der Waals surface area contributed by atoms with E-state index in [2.05, 4.69) is 19.2 Å². The van der Waals surface area contributed by atoms with Crippen molar-refractivity contribution in [1.29, 1.82) is 0 Å². The van der Waals surface area contributed by atoms with E-state index in [-0.39, 0.29) is 6.04 Å². The summed E-state index contributed by atoms with van der Waals surface area (Å²) < 4.78 is 27.3. The maximum atomic E-state index is 12.8. The van der Waals surface area contributed by atoms with Crippen LogP contribution >= 0.6 is 11.3 Å². The maximum Gasteiger partial charge on any atom is 0.244 e. The highest BCUT2D eigenvalue weighted by Gasteiger charge is 2.30. The van der Waals surface area contributed by atoms with Gasteiger partial charge in [-0.3, -0.25) is 0 Å². The third kappa shape index (κ3) is 4.28. The Morgan fingerprint density at radius 2 is 2.14 bits per heavy atom. The molecule has 1 N–H and O–H groups in total. The third-order valence-electron chi connectivity index (χ3n) is 3.91. The predicted octanol–water partition coefficient (Wildman–Crippen LogP) is 3.20. The van der Waals surface area contributed by atoms with Crippen LogP contribution in [-0.2, 0) is 16.6 Å². The van der Waals surface area contributed by atoms with Crippen LogP contribution < -0.4 is 5.32 Å². The zero-order valence-electron chi connectivity index (χ0n) is 13.1. The van der Waals surface area contributed by atoms with Gasteiger partial charge in [0.2, 0.25) is 10.0 Å².